The number of ether oxygens (including phenoxy) is 2. The molecule has 1 unspecified atom stereocenters. The van der Waals surface area contributed by atoms with Crippen LogP contribution < -0.4 is 9.47 Å². The van der Waals surface area contributed by atoms with Gasteiger partial charge in [0.05, 0.1) is 6.07 Å². The van der Waals surface area contributed by atoms with Crippen LogP contribution in [0.5, 0.6) is 11.5 Å². The molecule has 0 saturated heterocycles. The van der Waals surface area contributed by atoms with E-state index >= 15 is 0 Å². The molecule has 104 valence electrons. The van der Waals surface area contributed by atoms with Gasteiger partial charge in [0, 0.05) is 6.42 Å². The van der Waals surface area contributed by atoms with Crippen molar-refractivity contribution in [2.45, 2.75) is 31.6 Å². The van der Waals surface area contributed by atoms with Crippen LogP contribution in [-0.2, 0) is 4.79 Å². The number of rotatable bonds is 4. The van der Waals surface area contributed by atoms with Crippen LogP contribution in [0.2, 0.25) is 0 Å². The van der Waals surface area contributed by atoms with Gasteiger partial charge in [-0.15, -0.1) is 0 Å². The molecular weight excluding hydrogens is 254 g/mol. The summed E-state index contributed by atoms with van der Waals surface area (Å²) < 4.78 is 11.0. The first-order valence-corrected chi connectivity index (χ1v) is 7.10. The number of carbonyl (C=O) groups excluding carboxylic acids is 1. The van der Waals surface area contributed by atoms with Gasteiger partial charge < -0.3 is 9.47 Å². The summed E-state index contributed by atoms with van der Waals surface area (Å²) in [5.41, 5.74) is 0.709. The molecule has 4 nitrogen and oxygen atoms in total. The lowest BCUT2D eigenvalue weighted by atomic mass is 9.79. The maximum Gasteiger partial charge on any atom is 0.161 e. The minimum atomic E-state index is -0.688. The fraction of sp³-hybridized carbons (Fsp3) is 0.500. The maximum atomic E-state index is 12.3. The van der Waals surface area contributed by atoms with Crippen molar-refractivity contribution in [1.29, 1.82) is 5.26 Å². The van der Waals surface area contributed by atoms with Crippen molar-refractivity contribution in [1.82, 2.24) is 0 Å². The summed E-state index contributed by atoms with van der Waals surface area (Å²) >= 11 is 0. The Bertz CT molecular complexity index is 557. The van der Waals surface area contributed by atoms with Crippen LogP contribution in [0.1, 0.15) is 37.2 Å². The number of Topliss-reactive ketones (excluding diaryl/α,β-unsaturated/α-hetero) is 1. The molecule has 1 atom stereocenters. The van der Waals surface area contributed by atoms with Crippen molar-refractivity contribution in [3.05, 3.63) is 23.8 Å². The number of nitrogens with zero attached hydrogens (tertiary/aromatic N) is 1. The predicted octanol–water partition coefficient (Wildman–Crippen LogP) is 2.82. The van der Waals surface area contributed by atoms with Crippen molar-refractivity contribution >= 4 is 5.78 Å². The molecule has 1 aromatic carbocycles. The second kappa shape index (κ2) is 5.54. The first kappa shape index (κ1) is 13.0. The number of benzene rings is 1. The highest BCUT2D eigenvalue weighted by Gasteiger charge is 2.27. The van der Waals surface area contributed by atoms with E-state index in [1.54, 1.807) is 18.2 Å². The molecule has 0 bridgehead atoms. The van der Waals surface area contributed by atoms with Gasteiger partial charge in [-0.05, 0) is 23.6 Å². The molecule has 1 heterocycles. The Hall–Kier alpha value is -2.02. The number of hydrogen-bond acceptors (Lipinski definition) is 4. The largest absolute Gasteiger partial charge is 0.486 e. The summed E-state index contributed by atoms with van der Waals surface area (Å²) in [6, 6.07) is 7.47. The van der Waals surface area contributed by atoms with Crippen LogP contribution in [0.25, 0.3) is 0 Å². The fourth-order valence-corrected chi connectivity index (χ4v) is 2.67. The number of fused-ring (bicyclic) bond motifs is 1. The summed E-state index contributed by atoms with van der Waals surface area (Å²) in [6.45, 7) is 1.04. The van der Waals surface area contributed by atoms with E-state index in [9.17, 15) is 10.1 Å². The zero-order valence-corrected chi connectivity index (χ0v) is 11.3. The molecule has 0 amide bonds. The molecule has 20 heavy (non-hydrogen) atoms. The summed E-state index contributed by atoms with van der Waals surface area (Å²) in [5.74, 6) is 1.13. The van der Waals surface area contributed by atoms with Crippen LogP contribution in [0, 0.1) is 17.2 Å². The van der Waals surface area contributed by atoms with Gasteiger partial charge in [0.1, 0.15) is 19.1 Å². The summed E-state index contributed by atoms with van der Waals surface area (Å²) in [4.78, 5) is 12.3. The van der Waals surface area contributed by atoms with E-state index in [-0.39, 0.29) is 5.78 Å². The molecule has 3 rings (SSSR count). The van der Waals surface area contributed by atoms with Crippen molar-refractivity contribution in [2.75, 3.05) is 13.2 Å². The highest BCUT2D eigenvalue weighted by atomic mass is 16.6. The normalized spacial score (nSPS) is 18.8. The molecule has 0 aromatic heterocycles. The Labute approximate surface area is 118 Å². The van der Waals surface area contributed by atoms with Crippen LogP contribution in [0.3, 0.4) is 0 Å². The zero-order chi connectivity index (χ0) is 13.9. The molecule has 0 N–H and O–H groups in total. The van der Waals surface area contributed by atoms with Gasteiger partial charge in [-0.1, -0.05) is 25.3 Å². The number of nitriles is 1. The Kier molecular flexibility index (Phi) is 3.60. The molecule has 2 aliphatic rings. The smallest absolute Gasteiger partial charge is 0.161 e. The van der Waals surface area contributed by atoms with Crippen LogP contribution in [0.4, 0.5) is 0 Å². The van der Waals surface area contributed by atoms with Gasteiger partial charge in [-0.2, -0.15) is 5.26 Å². The molecule has 1 fully saturated rings. The first-order chi connectivity index (χ1) is 9.78. The Balaban J connectivity index is 1.78. The third kappa shape index (κ3) is 2.49. The molecule has 0 radical (unpaired) electrons. The maximum absolute atomic E-state index is 12.3. The third-order valence-electron chi connectivity index (χ3n) is 4.07. The predicted molar refractivity (Wildman–Crippen MR) is 72.8 cm³/mol. The van der Waals surface area contributed by atoms with Gasteiger partial charge in [0.15, 0.2) is 17.3 Å². The first-order valence-electron chi connectivity index (χ1n) is 7.10. The Morgan fingerprint density at radius 3 is 2.70 bits per heavy atom. The lowest BCUT2D eigenvalue weighted by molar-refractivity contribution is -0.120. The molecular formula is C16H17NO3. The standard InChI is InChI=1S/C16H17NO3/c17-10-13(14(18)8-11-2-1-3-11)12-4-5-15-16(9-12)20-7-6-19-15/h4-5,9,11,13H,1-3,6-8H2. The lowest BCUT2D eigenvalue weighted by Crippen LogP contribution is -2.20. The van der Waals surface area contributed by atoms with Gasteiger partial charge >= 0.3 is 0 Å². The van der Waals surface area contributed by atoms with E-state index in [0.717, 1.165) is 12.8 Å². The van der Waals surface area contributed by atoms with Gasteiger partial charge in [-0.25, -0.2) is 0 Å². The monoisotopic (exact) mass is 271 g/mol. The Morgan fingerprint density at radius 1 is 1.30 bits per heavy atom. The van der Waals surface area contributed by atoms with Gasteiger partial charge in [-0.3, -0.25) is 4.79 Å². The minimum absolute atomic E-state index is 0.0221. The topological polar surface area (TPSA) is 59.3 Å². The molecule has 1 saturated carbocycles. The number of ketones is 1. The number of hydrogen-bond donors (Lipinski definition) is 0. The van der Waals surface area contributed by atoms with Crippen molar-refractivity contribution < 1.29 is 14.3 Å². The van der Waals surface area contributed by atoms with E-state index in [1.165, 1.54) is 6.42 Å². The molecule has 0 spiro atoms. The average Bonchev–Trinajstić information content (AvgIpc) is 2.43. The second-order valence-electron chi connectivity index (χ2n) is 5.43. The molecule has 1 aliphatic carbocycles. The van der Waals surface area contributed by atoms with E-state index in [4.69, 9.17) is 9.47 Å². The summed E-state index contributed by atoms with van der Waals surface area (Å²) in [5, 5.41) is 9.31. The van der Waals surface area contributed by atoms with E-state index < -0.39 is 5.92 Å². The van der Waals surface area contributed by atoms with Crippen molar-refractivity contribution in [2.24, 2.45) is 5.92 Å². The highest BCUT2D eigenvalue weighted by Crippen LogP contribution is 2.35. The van der Waals surface area contributed by atoms with Crippen molar-refractivity contribution in [3.8, 4) is 17.6 Å². The molecule has 4 heteroatoms. The molecule has 1 aliphatic heterocycles. The van der Waals surface area contributed by atoms with Crippen molar-refractivity contribution in [3.63, 3.8) is 0 Å². The van der Waals surface area contributed by atoms with E-state index in [2.05, 4.69) is 6.07 Å². The zero-order valence-electron chi connectivity index (χ0n) is 11.3. The SMILES string of the molecule is N#CC(C(=O)CC1CCC1)c1ccc2c(c1)OCCO2. The highest BCUT2D eigenvalue weighted by molar-refractivity contribution is 5.88. The second-order valence-corrected chi connectivity index (χ2v) is 5.43. The summed E-state index contributed by atoms with van der Waals surface area (Å²) in [6.07, 6.45) is 3.96. The van der Waals surface area contributed by atoms with Gasteiger partial charge in [0.25, 0.3) is 0 Å². The van der Waals surface area contributed by atoms with Crippen LogP contribution in [-0.4, -0.2) is 19.0 Å². The van der Waals surface area contributed by atoms with Crippen LogP contribution >= 0.6 is 0 Å². The molecule has 1 aromatic rings. The number of carbonyl (C=O) groups is 1. The fourth-order valence-electron chi connectivity index (χ4n) is 2.67. The lowest BCUT2D eigenvalue weighted by Gasteiger charge is -2.25. The van der Waals surface area contributed by atoms with E-state index in [0.29, 0.717) is 42.6 Å². The Morgan fingerprint density at radius 2 is 2.05 bits per heavy atom. The minimum Gasteiger partial charge on any atom is -0.486 e. The van der Waals surface area contributed by atoms with Gasteiger partial charge in [0.2, 0.25) is 0 Å². The third-order valence-corrected chi connectivity index (χ3v) is 4.07. The quantitative estimate of drug-likeness (QED) is 0.845. The van der Waals surface area contributed by atoms with E-state index in [1.807, 2.05) is 0 Å². The average molecular weight is 271 g/mol. The van der Waals surface area contributed by atoms with Crippen LogP contribution in [0.15, 0.2) is 18.2 Å². The summed E-state index contributed by atoms with van der Waals surface area (Å²) in [7, 11) is 0.